The monoisotopic (exact) mass is 408 g/mol. The van der Waals surface area contributed by atoms with Crippen LogP contribution in [0.1, 0.15) is 76.9 Å². The van der Waals surface area contributed by atoms with Crippen LogP contribution in [-0.2, 0) is 16.1 Å². The quantitative estimate of drug-likeness (QED) is 0.703. The number of benzene rings is 2. The lowest BCUT2D eigenvalue weighted by Crippen LogP contribution is -2.32. The Morgan fingerprint density at radius 3 is 2.13 bits per heavy atom. The number of amides is 3. The van der Waals surface area contributed by atoms with Crippen LogP contribution in [0, 0.1) is 0 Å². The van der Waals surface area contributed by atoms with Crippen LogP contribution in [0.2, 0.25) is 0 Å². The molecule has 2 aromatic carbocycles. The average molecular weight is 408 g/mol. The second-order valence-corrected chi connectivity index (χ2v) is 8.09. The van der Waals surface area contributed by atoms with Crippen LogP contribution in [0.4, 0.5) is 5.69 Å². The fraction of sp³-hybridized carbons (Fsp3) is 0.375. The lowest BCUT2D eigenvalue weighted by molar-refractivity contribution is -0.124. The summed E-state index contributed by atoms with van der Waals surface area (Å²) in [5.74, 6) is -0.653. The summed E-state index contributed by atoms with van der Waals surface area (Å²) in [6.45, 7) is 8.31. The molecule has 1 aliphatic heterocycles. The molecular formula is C24H28N2O4. The van der Waals surface area contributed by atoms with Gasteiger partial charge < -0.3 is 10.1 Å². The maximum atomic E-state index is 13.5. The van der Waals surface area contributed by atoms with Crippen molar-refractivity contribution >= 4 is 23.4 Å². The molecule has 30 heavy (non-hydrogen) atoms. The van der Waals surface area contributed by atoms with Gasteiger partial charge in [0, 0.05) is 13.7 Å². The molecule has 0 saturated carbocycles. The van der Waals surface area contributed by atoms with Gasteiger partial charge in [-0.2, -0.15) is 0 Å². The van der Waals surface area contributed by atoms with E-state index in [1.807, 2.05) is 18.2 Å². The van der Waals surface area contributed by atoms with Gasteiger partial charge in [-0.15, -0.1) is 0 Å². The molecule has 2 aromatic rings. The number of carbonyl (C=O) groups excluding carboxylic acids is 3. The van der Waals surface area contributed by atoms with E-state index in [0.29, 0.717) is 22.4 Å². The summed E-state index contributed by atoms with van der Waals surface area (Å²) in [7, 11) is 1.44. The minimum absolute atomic E-state index is 0.0620. The standard InChI is InChI=1S/C24H28N2O4/c1-14(2)17-9-7-10-18(15(3)4)22(17)26-23(28)19-11-6-8-16(21(19)24(26)29)12-25-20(27)13-30-5/h6-11,14-15H,12-13H2,1-5H3,(H,25,27). The highest BCUT2D eigenvalue weighted by atomic mass is 16.5. The zero-order valence-corrected chi connectivity index (χ0v) is 18.1. The number of ether oxygens (including phenoxy) is 1. The van der Waals surface area contributed by atoms with Crippen molar-refractivity contribution in [1.82, 2.24) is 5.32 Å². The van der Waals surface area contributed by atoms with Crippen molar-refractivity contribution in [1.29, 1.82) is 0 Å². The predicted octanol–water partition coefficient (Wildman–Crippen LogP) is 4.00. The van der Waals surface area contributed by atoms with Gasteiger partial charge in [0.2, 0.25) is 5.91 Å². The van der Waals surface area contributed by atoms with Gasteiger partial charge in [-0.1, -0.05) is 58.0 Å². The number of fused-ring (bicyclic) bond motifs is 1. The lowest BCUT2D eigenvalue weighted by atomic mass is 9.92. The van der Waals surface area contributed by atoms with Crippen LogP contribution in [0.25, 0.3) is 0 Å². The number of nitrogens with zero attached hydrogens (tertiary/aromatic N) is 1. The van der Waals surface area contributed by atoms with Gasteiger partial charge in [0.05, 0.1) is 16.8 Å². The Kier molecular flexibility index (Phi) is 6.37. The van der Waals surface area contributed by atoms with E-state index >= 15 is 0 Å². The third kappa shape index (κ3) is 3.87. The van der Waals surface area contributed by atoms with E-state index in [2.05, 4.69) is 33.0 Å². The number of para-hydroxylation sites is 1. The molecule has 1 heterocycles. The van der Waals surface area contributed by atoms with E-state index in [1.165, 1.54) is 12.0 Å². The maximum absolute atomic E-state index is 13.5. The molecule has 1 aliphatic rings. The fourth-order valence-corrected chi connectivity index (χ4v) is 3.85. The molecule has 0 bridgehead atoms. The molecule has 0 fully saturated rings. The minimum Gasteiger partial charge on any atom is -0.375 e. The molecule has 3 rings (SSSR count). The van der Waals surface area contributed by atoms with Crippen molar-refractivity contribution in [3.05, 3.63) is 64.2 Å². The molecule has 0 unspecified atom stereocenters. The van der Waals surface area contributed by atoms with Crippen molar-refractivity contribution < 1.29 is 19.1 Å². The van der Waals surface area contributed by atoms with Gasteiger partial charge in [-0.25, -0.2) is 4.90 Å². The molecule has 1 N–H and O–H groups in total. The topological polar surface area (TPSA) is 75.7 Å². The summed E-state index contributed by atoms with van der Waals surface area (Å²) in [6.07, 6.45) is 0. The van der Waals surface area contributed by atoms with Gasteiger partial charge in [-0.3, -0.25) is 14.4 Å². The summed E-state index contributed by atoms with van der Waals surface area (Å²) in [6, 6.07) is 11.1. The summed E-state index contributed by atoms with van der Waals surface area (Å²) < 4.78 is 4.83. The molecule has 0 saturated heterocycles. The number of carbonyl (C=O) groups is 3. The van der Waals surface area contributed by atoms with Crippen LogP contribution >= 0.6 is 0 Å². The van der Waals surface area contributed by atoms with Crippen molar-refractivity contribution in [3.63, 3.8) is 0 Å². The first-order valence-corrected chi connectivity index (χ1v) is 10.2. The van der Waals surface area contributed by atoms with Crippen molar-refractivity contribution in [2.75, 3.05) is 18.6 Å². The van der Waals surface area contributed by atoms with E-state index in [1.54, 1.807) is 18.2 Å². The number of imide groups is 1. The van der Waals surface area contributed by atoms with E-state index < -0.39 is 0 Å². The second-order valence-electron chi connectivity index (χ2n) is 8.09. The van der Waals surface area contributed by atoms with E-state index in [9.17, 15) is 14.4 Å². The Bertz CT molecular complexity index is 968. The Labute approximate surface area is 177 Å². The third-order valence-electron chi connectivity index (χ3n) is 5.32. The van der Waals surface area contributed by atoms with Crippen LogP contribution in [0.3, 0.4) is 0 Å². The fourth-order valence-electron chi connectivity index (χ4n) is 3.85. The van der Waals surface area contributed by atoms with Gasteiger partial charge in [0.15, 0.2) is 0 Å². The molecule has 6 heteroatoms. The molecule has 0 spiro atoms. The van der Waals surface area contributed by atoms with Crippen molar-refractivity contribution in [3.8, 4) is 0 Å². The first kappa shape index (κ1) is 21.7. The van der Waals surface area contributed by atoms with Crippen LogP contribution < -0.4 is 10.2 Å². The maximum Gasteiger partial charge on any atom is 0.266 e. The molecule has 3 amide bonds. The summed E-state index contributed by atoms with van der Waals surface area (Å²) in [5.41, 5.74) is 3.95. The highest BCUT2D eigenvalue weighted by molar-refractivity contribution is 6.35. The third-order valence-corrected chi connectivity index (χ3v) is 5.32. The predicted molar refractivity (Wildman–Crippen MR) is 116 cm³/mol. The summed E-state index contributed by atoms with van der Waals surface area (Å²) in [5, 5.41) is 2.73. The number of rotatable bonds is 7. The molecule has 0 atom stereocenters. The first-order valence-electron chi connectivity index (χ1n) is 10.2. The Morgan fingerprint density at radius 2 is 1.57 bits per heavy atom. The Hall–Kier alpha value is -2.99. The largest absolute Gasteiger partial charge is 0.375 e. The molecule has 158 valence electrons. The van der Waals surface area contributed by atoms with Gasteiger partial charge >= 0.3 is 0 Å². The van der Waals surface area contributed by atoms with Crippen molar-refractivity contribution in [2.45, 2.75) is 46.1 Å². The van der Waals surface area contributed by atoms with Gasteiger partial charge in [-0.05, 0) is 34.6 Å². The number of hydrogen-bond acceptors (Lipinski definition) is 4. The lowest BCUT2D eigenvalue weighted by Gasteiger charge is -2.25. The molecule has 0 radical (unpaired) electrons. The molecule has 0 aliphatic carbocycles. The Balaban J connectivity index is 2.07. The van der Waals surface area contributed by atoms with Crippen LogP contribution in [0.5, 0.6) is 0 Å². The zero-order chi connectivity index (χ0) is 22.0. The average Bonchev–Trinajstić information content (AvgIpc) is 2.96. The Morgan fingerprint density at radius 1 is 0.967 bits per heavy atom. The number of nitrogens with one attached hydrogen (secondary N) is 1. The highest BCUT2D eigenvalue weighted by Crippen LogP contribution is 2.40. The number of methoxy groups -OCH3 is 1. The minimum atomic E-state index is -0.346. The normalized spacial score (nSPS) is 13.4. The first-order chi connectivity index (χ1) is 14.3. The van der Waals surface area contributed by atoms with E-state index in [0.717, 1.165) is 11.1 Å². The molecular weight excluding hydrogens is 380 g/mol. The number of anilines is 1. The SMILES string of the molecule is COCC(=O)NCc1cccc2c1C(=O)N(c1c(C(C)C)cccc1C(C)C)C2=O. The van der Waals surface area contributed by atoms with E-state index in [4.69, 9.17) is 4.74 Å². The summed E-state index contributed by atoms with van der Waals surface area (Å²) >= 11 is 0. The molecule has 6 nitrogen and oxygen atoms in total. The van der Waals surface area contributed by atoms with Crippen LogP contribution in [0.15, 0.2) is 36.4 Å². The van der Waals surface area contributed by atoms with Crippen molar-refractivity contribution in [2.24, 2.45) is 0 Å². The van der Waals surface area contributed by atoms with Gasteiger partial charge in [0.25, 0.3) is 11.8 Å². The van der Waals surface area contributed by atoms with Gasteiger partial charge in [0.1, 0.15) is 6.61 Å². The smallest absolute Gasteiger partial charge is 0.266 e. The highest BCUT2D eigenvalue weighted by Gasteiger charge is 2.40. The van der Waals surface area contributed by atoms with Crippen LogP contribution in [-0.4, -0.2) is 31.4 Å². The second kappa shape index (κ2) is 8.79. The summed E-state index contributed by atoms with van der Waals surface area (Å²) in [4.78, 5) is 40.0. The van der Waals surface area contributed by atoms with E-state index in [-0.39, 0.29) is 42.7 Å². The molecule has 0 aromatic heterocycles. The zero-order valence-electron chi connectivity index (χ0n) is 18.1. The number of hydrogen-bond donors (Lipinski definition) is 1.